The van der Waals surface area contributed by atoms with Gasteiger partial charge in [0.1, 0.15) is 0 Å². The quantitative estimate of drug-likeness (QED) is 0.486. The molecule has 19 heavy (non-hydrogen) atoms. The topological polar surface area (TPSA) is 0 Å². The second-order valence-electron chi connectivity index (χ2n) is 7.24. The first kappa shape index (κ1) is 16.0. The van der Waals surface area contributed by atoms with Crippen LogP contribution in [0, 0.1) is 5.41 Å². The van der Waals surface area contributed by atoms with Crippen molar-refractivity contribution in [2.24, 2.45) is 5.41 Å². The standard InChI is InChI=1S/C18H28Si/c1-16(11-10-14-18(2,3)4)19(5,6)15-17-12-8-7-9-13-17/h7-13H,1,14-15H2,2-6H3/b11-10-. The molecule has 0 bridgehead atoms. The fourth-order valence-electron chi connectivity index (χ4n) is 2.00. The van der Waals surface area contributed by atoms with Crippen molar-refractivity contribution in [2.75, 3.05) is 0 Å². The molecule has 0 aliphatic carbocycles. The second kappa shape index (κ2) is 6.38. The minimum atomic E-state index is -1.43. The molecule has 0 aliphatic heterocycles. The van der Waals surface area contributed by atoms with Crippen LogP contribution in [0.1, 0.15) is 32.8 Å². The van der Waals surface area contributed by atoms with Crippen LogP contribution in [0.15, 0.2) is 54.3 Å². The van der Waals surface area contributed by atoms with E-state index in [9.17, 15) is 0 Å². The SMILES string of the molecule is C=C(/C=C\CC(C)(C)C)[Si](C)(C)Cc1ccccc1. The number of allylic oxidation sites excluding steroid dienone is 3. The highest BCUT2D eigenvalue weighted by Crippen LogP contribution is 2.23. The third-order valence-electron chi connectivity index (χ3n) is 3.41. The molecular formula is C18H28Si. The summed E-state index contributed by atoms with van der Waals surface area (Å²) in [5.74, 6) is 0. The van der Waals surface area contributed by atoms with E-state index in [0.717, 1.165) is 6.42 Å². The predicted octanol–water partition coefficient (Wildman–Crippen LogP) is 5.56. The highest BCUT2D eigenvalue weighted by Gasteiger charge is 2.23. The Bertz CT molecular complexity index is 433. The average molecular weight is 273 g/mol. The largest absolute Gasteiger partial charge is 0.0998 e. The van der Waals surface area contributed by atoms with Crippen molar-refractivity contribution in [1.29, 1.82) is 0 Å². The Morgan fingerprint density at radius 1 is 1.16 bits per heavy atom. The Kier molecular flexibility index (Phi) is 5.36. The minimum Gasteiger partial charge on any atom is -0.0998 e. The maximum absolute atomic E-state index is 4.32. The monoisotopic (exact) mass is 272 g/mol. The van der Waals surface area contributed by atoms with Gasteiger partial charge in [0.05, 0.1) is 8.07 Å². The third kappa shape index (κ3) is 6.06. The van der Waals surface area contributed by atoms with E-state index in [0.29, 0.717) is 5.41 Å². The zero-order valence-corrected chi connectivity index (χ0v) is 14.2. The normalized spacial score (nSPS) is 12.9. The van der Waals surface area contributed by atoms with E-state index in [-0.39, 0.29) is 0 Å². The van der Waals surface area contributed by atoms with E-state index < -0.39 is 8.07 Å². The van der Waals surface area contributed by atoms with Gasteiger partial charge in [-0.1, -0.05) is 93.7 Å². The molecule has 0 spiro atoms. The molecule has 0 amide bonds. The maximum atomic E-state index is 4.32. The van der Waals surface area contributed by atoms with E-state index in [4.69, 9.17) is 0 Å². The van der Waals surface area contributed by atoms with Gasteiger partial charge in [0.25, 0.3) is 0 Å². The first-order chi connectivity index (χ1) is 8.71. The molecule has 0 aromatic heterocycles. The van der Waals surface area contributed by atoms with Gasteiger partial charge in [0, 0.05) is 0 Å². The third-order valence-corrected chi connectivity index (χ3v) is 6.60. The number of rotatable bonds is 5. The summed E-state index contributed by atoms with van der Waals surface area (Å²) in [7, 11) is -1.43. The van der Waals surface area contributed by atoms with Crippen molar-refractivity contribution in [2.45, 2.75) is 46.3 Å². The van der Waals surface area contributed by atoms with Crippen LogP contribution in [-0.2, 0) is 6.04 Å². The van der Waals surface area contributed by atoms with E-state index >= 15 is 0 Å². The van der Waals surface area contributed by atoms with Gasteiger partial charge in [-0.25, -0.2) is 0 Å². The summed E-state index contributed by atoms with van der Waals surface area (Å²) in [6, 6.07) is 11.9. The fraction of sp³-hybridized carbons (Fsp3) is 0.444. The van der Waals surface area contributed by atoms with Gasteiger partial charge < -0.3 is 0 Å². The van der Waals surface area contributed by atoms with Gasteiger partial charge in [0.15, 0.2) is 0 Å². The van der Waals surface area contributed by atoms with Crippen LogP contribution in [0.25, 0.3) is 0 Å². The van der Waals surface area contributed by atoms with Crippen LogP contribution in [0.2, 0.25) is 13.1 Å². The molecule has 0 atom stereocenters. The van der Waals surface area contributed by atoms with Gasteiger partial charge in [0.2, 0.25) is 0 Å². The van der Waals surface area contributed by atoms with Crippen LogP contribution in [0.4, 0.5) is 0 Å². The predicted molar refractivity (Wildman–Crippen MR) is 90.0 cm³/mol. The van der Waals surface area contributed by atoms with Crippen molar-refractivity contribution < 1.29 is 0 Å². The zero-order chi connectivity index (χ0) is 14.5. The minimum absolute atomic E-state index is 0.363. The Hall–Kier alpha value is -1.08. The first-order valence-corrected chi connectivity index (χ1v) is 10.3. The zero-order valence-electron chi connectivity index (χ0n) is 13.2. The van der Waals surface area contributed by atoms with Crippen LogP contribution in [0.5, 0.6) is 0 Å². The van der Waals surface area contributed by atoms with E-state index in [1.807, 2.05) is 0 Å². The van der Waals surface area contributed by atoms with Crippen LogP contribution in [0.3, 0.4) is 0 Å². The molecule has 1 rings (SSSR count). The molecule has 1 heteroatoms. The summed E-state index contributed by atoms with van der Waals surface area (Å²) in [5, 5.41) is 1.35. The lowest BCUT2D eigenvalue weighted by Crippen LogP contribution is -2.31. The molecule has 1 aromatic rings. The highest BCUT2D eigenvalue weighted by molar-refractivity contribution is 6.84. The maximum Gasteiger partial charge on any atom is 0.0841 e. The Morgan fingerprint density at radius 2 is 1.74 bits per heavy atom. The van der Waals surface area contributed by atoms with Crippen LogP contribution in [-0.4, -0.2) is 8.07 Å². The van der Waals surface area contributed by atoms with Gasteiger partial charge >= 0.3 is 0 Å². The van der Waals surface area contributed by atoms with Crippen molar-refractivity contribution in [3.05, 3.63) is 59.8 Å². The summed E-state index contributed by atoms with van der Waals surface area (Å²) < 4.78 is 0. The lowest BCUT2D eigenvalue weighted by Gasteiger charge is -2.24. The van der Waals surface area contributed by atoms with Crippen molar-refractivity contribution in [1.82, 2.24) is 0 Å². The van der Waals surface area contributed by atoms with Gasteiger partial charge in [-0.15, -0.1) is 0 Å². The Labute approximate surface area is 120 Å². The summed E-state index contributed by atoms with van der Waals surface area (Å²) in [6.07, 6.45) is 5.67. The first-order valence-electron chi connectivity index (χ1n) is 7.11. The molecule has 0 nitrogen and oxygen atoms in total. The number of hydrogen-bond acceptors (Lipinski definition) is 0. The lowest BCUT2D eigenvalue weighted by molar-refractivity contribution is 0.420. The second-order valence-corrected chi connectivity index (χ2v) is 12.0. The molecule has 0 fully saturated rings. The number of benzene rings is 1. The van der Waals surface area contributed by atoms with Gasteiger partial charge in [-0.2, -0.15) is 0 Å². The van der Waals surface area contributed by atoms with E-state index in [1.54, 1.807) is 0 Å². The molecule has 0 saturated heterocycles. The Morgan fingerprint density at radius 3 is 2.26 bits per heavy atom. The lowest BCUT2D eigenvalue weighted by atomic mass is 9.92. The highest BCUT2D eigenvalue weighted by atomic mass is 28.3. The molecule has 0 aliphatic rings. The molecule has 0 heterocycles. The molecular weight excluding hydrogens is 244 g/mol. The van der Waals surface area contributed by atoms with E-state index in [1.165, 1.54) is 16.8 Å². The molecule has 0 unspecified atom stereocenters. The van der Waals surface area contributed by atoms with Crippen molar-refractivity contribution >= 4 is 8.07 Å². The molecule has 0 saturated carbocycles. The molecule has 1 aromatic carbocycles. The molecule has 0 radical (unpaired) electrons. The van der Waals surface area contributed by atoms with Crippen molar-refractivity contribution in [3.63, 3.8) is 0 Å². The van der Waals surface area contributed by atoms with Crippen LogP contribution < -0.4 is 0 Å². The molecule has 104 valence electrons. The molecule has 0 N–H and O–H groups in total. The average Bonchev–Trinajstić information content (AvgIpc) is 2.27. The summed E-state index contributed by atoms with van der Waals surface area (Å²) in [5.41, 5.74) is 1.80. The van der Waals surface area contributed by atoms with Crippen LogP contribution >= 0.6 is 0 Å². The Balaban J connectivity index is 2.64. The summed E-state index contributed by atoms with van der Waals surface area (Å²) in [6.45, 7) is 15.9. The smallest absolute Gasteiger partial charge is 0.0841 e. The van der Waals surface area contributed by atoms with Crippen molar-refractivity contribution in [3.8, 4) is 0 Å². The number of hydrogen-bond donors (Lipinski definition) is 0. The summed E-state index contributed by atoms with van der Waals surface area (Å²) >= 11 is 0. The van der Waals surface area contributed by atoms with E-state index in [2.05, 4.69) is 82.9 Å². The fourth-order valence-corrected chi connectivity index (χ4v) is 4.05. The van der Waals surface area contributed by atoms with Gasteiger partial charge in [-0.3, -0.25) is 0 Å². The van der Waals surface area contributed by atoms with Gasteiger partial charge in [-0.05, 0) is 17.9 Å². The summed E-state index contributed by atoms with van der Waals surface area (Å²) in [4.78, 5) is 0.